The van der Waals surface area contributed by atoms with Crippen LogP contribution in [0, 0.1) is 6.92 Å². The van der Waals surface area contributed by atoms with Crippen molar-refractivity contribution in [1.82, 2.24) is 0 Å². The molecule has 0 aliphatic rings. The summed E-state index contributed by atoms with van der Waals surface area (Å²) >= 11 is 5.82. The third-order valence-corrected chi connectivity index (χ3v) is 3.80. The van der Waals surface area contributed by atoms with Gasteiger partial charge in [0.25, 0.3) is 0 Å². The highest BCUT2D eigenvalue weighted by molar-refractivity contribution is 6.31. The second-order valence-corrected chi connectivity index (χ2v) is 6.27. The van der Waals surface area contributed by atoms with E-state index in [-0.39, 0.29) is 17.9 Å². The maximum absolute atomic E-state index is 11.2. The Morgan fingerprint density at radius 1 is 1.08 bits per heavy atom. The topological polar surface area (TPSA) is 55.8 Å². The number of carbonyl (C=O) groups is 1. The average Bonchev–Trinajstić information content (AvgIpc) is 2.52. The van der Waals surface area contributed by atoms with E-state index in [0.29, 0.717) is 17.5 Å². The quantitative estimate of drug-likeness (QED) is 0.721. The van der Waals surface area contributed by atoms with Crippen molar-refractivity contribution in [3.63, 3.8) is 0 Å². The van der Waals surface area contributed by atoms with Gasteiger partial charge in [0.15, 0.2) is 0 Å². The normalized spacial score (nSPS) is 10.7. The molecule has 0 aromatic heterocycles. The van der Waals surface area contributed by atoms with Gasteiger partial charge in [-0.1, -0.05) is 37.6 Å². The van der Waals surface area contributed by atoms with E-state index >= 15 is 0 Å². The Balaban J connectivity index is 1.99. The van der Waals surface area contributed by atoms with Gasteiger partial charge in [0.2, 0.25) is 0 Å². The molecule has 0 radical (unpaired) electrons. The molecule has 128 valence electrons. The molecule has 0 aliphatic carbocycles. The second kappa shape index (κ2) is 8.06. The van der Waals surface area contributed by atoms with E-state index in [0.717, 1.165) is 16.9 Å². The van der Waals surface area contributed by atoms with Crippen LogP contribution in [0.25, 0.3) is 0 Å². The lowest BCUT2D eigenvalue weighted by atomic mass is 10.0. The van der Waals surface area contributed by atoms with E-state index in [4.69, 9.17) is 21.1 Å². The van der Waals surface area contributed by atoms with E-state index in [1.807, 2.05) is 13.0 Å². The Hall–Kier alpha value is -2.20. The predicted octanol–water partition coefficient (Wildman–Crippen LogP) is 4.93. The third-order valence-electron chi connectivity index (χ3n) is 3.56. The van der Waals surface area contributed by atoms with E-state index in [2.05, 4.69) is 26.0 Å². The molecule has 5 heteroatoms. The third kappa shape index (κ3) is 4.65. The van der Waals surface area contributed by atoms with Gasteiger partial charge < -0.3 is 14.6 Å². The molecule has 0 aliphatic heterocycles. The summed E-state index contributed by atoms with van der Waals surface area (Å²) < 4.78 is 11.4. The molecule has 0 atom stereocenters. The van der Waals surface area contributed by atoms with E-state index in [1.54, 1.807) is 12.1 Å². The fourth-order valence-electron chi connectivity index (χ4n) is 2.34. The van der Waals surface area contributed by atoms with Gasteiger partial charge in [-0.25, -0.2) is 4.79 Å². The monoisotopic (exact) mass is 348 g/mol. The lowest BCUT2D eigenvalue weighted by Crippen LogP contribution is -2.12. The summed E-state index contributed by atoms with van der Waals surface area (Å²) in [6, 6.07) is 10.7. The summed E-state index contributed by atoms with van der Waals surface area (Å²) in [7, 11) is 0. The Morgan fingerprint density at radius 2 is 1.75 bits per heavy atom. The molecule has 0 heterocycles. The lowest BCUT2D eigenvalue weighted by Gasteiger charge is -2.15. The van der Waals surface area contributed by atoms with Crippen LogP contribution in [0.1, 0.15) is 41.3 Å². The van der Waals surface area contributed by atoms with Crippen LogP contribution < -0.4 is 9.47 Å². The number of benzene rings is 2. The second-order valence-electron chi connectivity index (χ2n) is 5.84. The predicted molar refractivity (Wildman–Crippen MR) is 94.7 cm³/mol. The highest BCUT2D eigenvalue weighted by Gasteiger charge is 2.12. The van der Waals surface area contributed by atoms with Gasteiger partial charge >= 0.3 is 5.97 Å². The first-order valence-electron chi connectivity index (χ1n) is 7.77. The van der Waals surface area contributed by atoms with Crippen molar-refractivity contribution in [2.45, 2.75) is 26.7 Å². The van der Waals surface area contributed by atoms with Gasteiger partial charge in [-0.15, -0.1) is 0 Å². The summed E-state index contributed by atoms with van der Waals surface area (Å²) in [5.74, 6) is 0.401. The molecule has 0 unspecified atom stereocenters. The summed E-state index contributed by atoms with van der Waals surface area (Å²) in [6.45, 7) is 6.81. The van der Waals surface area contributed by atoms with Crippen molar-refractivity contribution in [3.05, 3.63) is 58.1 Å². The number of carboxylic acids is 1. The van der Waals surface area contributed by atoms with Gasteiger partial charge in [-0.05, 0) is 48.2 Å². The van der Waals surface area contributed by atoms with Crippen LogP contribution in [-0.2, 0) is 0 Å². The fraction of sp³-hybridized carbons (Fsp3) is 0.316. The zero-order chi connectivity index (χ0) is 17.7. The molecule has 2 aromatic carbocycles. The van der Waals surface area contributed by atoms with Crippen LogP contribution in [-0.4, -0.2) is 24.3 Å². The van der Waals surface area contributed by atoms with E-state index in [9.17, 15) is 9.90 Å². The van der Waals surface area contributed by atoms with Crippen molar-refractivity contribution < 1.29 is 19.4 Å². The van der Waals surface area contributed by atoms with Crippen molar-refractivity contribution in [3.8, 4) is 11.5 Å². The number of hydrogen-bond acceptors (Lipinski definition) is 3. The lowest BCUT2D eigenvalue weighted by molar-refractivity contribution is 0.0691. The number of carboxylic acid groups (broad SMARTS) is 1. The number of rotatable bonds is 7. The number of aromatic carboxylic acids is 1. The first-order chi connectivity index (χ1) is 11.4. The Labute approximate surface area is 147 Å². The molecule has 0 fully saturated rings. The number of halogens is 1. The highest BCUT2D eigenvalue weighted by atomic mass is 35.5. The van der Waals surface area contributed by atoms with Crippen LogP contribution in [0.5, 0.6) is 11.5 Å². The molecule has 2 aromatic rings. The molecule has 0 bridgehead atoms. The average molecular weight is 349 g/mol. The number of ether oxygens (including phenoxy) is 2. The first-order valence-corrected chi connectivity index (χ1v) is 8.15. The minimum atomic E-state index is -1.07. The van der Waals surface area contributed by atoms with Crippen LogP contribution in [0.4, 0.5) is 0 Å². The molecule has 0 spiro atoms. The van der Waals surface area contributed by atoms with Crippen molar-refractivity contribution in [2.75, 3.05) is 13.2 Å². The summed E-state index contributed by atoms with van der Waals surface area (Å²) in [5, 5.41) is 9.54. The van der Waals surface area contributed by atoms with Crippen LogP contribution in [0.2, 0.25) is 5.02 Å². The number of hydrogen-bond donors (Lipinski definition) is 1. The molecule has 1 N–H and O–H groups in total. The van der Waals surface area contributed by atoms with Crippen molar-refractivity contribution in [1.29, 1.82) is 0 Å². The molecule has 4 nitrogen and oxygen atoms in total. The summed E-state index contributed by atoms with van der Waals surface area (Å²) in [5.41, 5.74) is 2.31. The van der Waals surface area contributed by atoms with E-state index < -0.39 is 5.97 Å². The minimum Gasteiger partial charge on any atom is -0.490 e. The van der Waals surface area contributed by atoms with E-state index in [1.165, 1.54) is 6.07 Å². The smallest absolute Gasteiger partial charge is 0.339 e. The van der Waals surface area contributed by atoms with Gasteiger partial charge in [-0.3, -0.25) is 0 Å². The van der Waals surface area contributed by atoms with Crippen molar-refractivity contribution in [2.24, 2.45) is 0 Å². The molecule has 2 rings (SSSR count). The van der Waals surface area contributed by atoms with Gasteiger partial charge in [0.1, 0.15) is 30.3 Å². The fourth-order valence-corrected chi connectivity index (χ4v) is 2.51. The maximum Gasteiger partial charge on any atom is 0.339 e. The Kier molecular flexibility index (Phi) is 6.10. The van der Waals surface area contributed by atoms with Crippen LogP contribution in [0.3, 0.4) is 0 Å². The minimum absolute atomic E-state index is 0.0425. The zero-order valence-corrected chi connectivity index (χ0v) is 14.8. The maximum atomic E-state index is 11.2. The Bertz CT molecular complexity index is 725. The van der Waals surface area contributed by atoms with Gasteiger partial charge in [0.05, 0.1) is 0 Å². The van der Waals surface area contributed by atoms with Crippen LogP contribution >= 0.6 is 11.6 Å². The summed E-state index contributed by atoms with van der Waals surface area (Å²) in [4.78, 5) is 11.2. The molecule has 0 amide bonds. The molecular weight excluding hydrogens is 328 g/mol. The molecule has 0 saturated heterocycles. The largest absolute Gasteiger partial charge is 0.490 e. The van der Waals surface area contributed by atoms with Gasteiger partial charge in [0, 0.05) is 5.02 Å². The molecule has 0 saturated carbocycles. The van der Waals surface area contributed by atoms with Crippen LogP contribution in [0.15, 0.2) is 36.4 Å². The number of aryl methyl sites for hydroxylation is 1. The standard InChI is InChI=1S/C19H21ClO4/c1-12(2)15-6-4-13(3)10-18(15)24-9-8-23-17-7-5-14(20)11-16(17)19(21)22/h4-7,10-12H,8-9H2,1-3H3,(H,21,22). The summed E-state index contributed by atoms with van der Waals surface area (Å²) in [6.07, 6.45) is 0. The Morgan fingerprint density at radius 3 is 2.38 bits per heavy atom. The first kappa shape index (κ1) is 18.1. The SMILES string of the molecule is Cc1ccc(C(C)C)c(OCCOc2ccc(Cl)cc2C(=O)O)c1. The molecule has 24 heavy (non-hydrogen) atoms. The molecular formula is C19H21ClO4. The van der Waals surface area contributed by atoms with Gasteiger partial charge in [-0.2, -0.15) is 0 Å². The zero-order valence-electron chi connectivity index (χ0n) is 14.0. The highest BCUT2D eigenvalue weighted by Crippen LogP contribution is 2.27. The van der Waals surface area contributed by atoms with Crippen molar-refractivity contribution >= 4 is 17.6 Å².